The molecule has 0 unspecified atom stereocenters. The predicted molar refractivity (Wildman–Crippen MR) is 71.6 cm³/mol. The fourth-order valence-corrected chi connectivity index (χ4v) is 3.58. The van der Waals surface area contributed by atoms with Crippen molar-refractivity contribution < 1.29 is 18.3 Å². The summed E-state index contributed by atoms with van der Waals surface area (Å²) in [6.07, 6.45) is 4.18. The third-order valence-electron chi connectivity index (χ3n) is 3.01. The molecule has 7 nitrogen and oxygen atoms in total. The minimum atomic E-state index is -3.78. The van der Waals surface area contributed by atoms with Crippen molar-refractivity contribution in [2.45, 2.75) is 44.2 Å². The minimum absolute atomic E-state index is 0.0614. The van der Waals surface area contributed by atoms with Crippen LogP contribution in [0.4, 0.5) is 0 Å². The Hall–Kier alpha value is -1.41. The Labute approximate surface area is 118 Å². The first-order valence-corrected chi connectivity index (χ1v) is 8.01. The lowest BCUT2D eigenvalue weighted by atomic mass is 10.2. The van der Waals surface area contributed by atoms with Crippen LogP contribution < -0.4 is 0 Å². The summed E-state index contributed by atoms with van der Waals surface area (Å²) in [6.45, 7) is 4.15. The average Bonchev–Trinajstić information content (AvgIpc) is 3.05. The second-order valence-electron chi connectivity index (χ2n) is 5.47. The van der Waals surface area contributed by atoms with Crippen molar-refractivity contribution in [2.24, 2.45) is 5.92 Å². The molecule has 20 heavy (non-hydrogen) atoms. The average molecular weight is 301 g/mol. The van der Waals surface area contributed by atoms with E-state index in [0.29, 0.717) is 25.3 Å². The van der Waals surface area contributed by atoms with Gasteiger partial charge in [-0.25, -0.2) is 8.42 Å². The lowest BCUT2D eigenvalue weighted by Crippen LogP contribution is -2.37. The number of aliphatic carboxylic acids is 1. The number of carboxylic acid groups (broad SMARTS) is 1. The Kier molecular flexibility index (Phi) is 4.14. The van der Waals surface area contributed by atoms with E-state index in [4.69, 9.17) is 5.11 Å². The fourth-order valence-electron chi connectivity index (χ4n) is 1.99. The summed E-state index contributed by atoms with van der Waals surface area (Å²) < 4.78 is 27.5. The highest BCUT2D eigenvalue weighted by atomic mass is 32.2. The van der Waals surface area contributed by atoms with Crippen LogP contribution in [0, 0.1) is 5.92 Å². The van der Waals surface area contributed by atoms with Gasteiger partial charge in [0.05, 0.1) is 6.20 Å². The zero-order valence-electron chi connectivity index (χ0n) is 11.6. The Bertz CT molecular complexity index is 590. The number of aromatic nitrogens is 2. The Morgan fingerprint density at radius 2 is 2.20 bits per heavy atom. The minimum Gasteiger partial charge on any atom is -0.480 e. The van der Waals surface area contributed by atoms with Gasteiger partial charge in [0.25, 0.3) is 0 Å². The SMILES string of the molecule is CC(C)Cn1cc(S(=O)(=O)N(CC(=O)O)C2CC2)cn1. The van der Waals surface area contributed by atoms with Gasteiger partial charge in [0.15, 0.2) is 0 Å². The lowest BCUT2D eigenvalue weighted by Gasteiger charge is -2.18. The molecule has 0 amide bonds. The standard InChI is InChI=1S/C12H19N3O4S/c1-9(2)6-14-7-11(5-13-14)20(18,19)15(8-12(16)17)10-3-4-10/h5,7,9-10H,3-4,6,8H2,1-2H3,(H,16,17). The highest BCUT2D eigenvalue weighted by Gasteiger charge is 2.39. The lowest BCUT2D eigenvalue weighted by molar-refractivity contribution is -0.137. The molecular formula is C12H19N3O4S. The maximum absolute atomic E-state index is 12.5. The van der Waals surface area contributed by atoms with Gasteiger partial charge in [0.2, 0.25) is 10.0 Å². The van der Waals surface area contributed by atoms with Gasteiger partial charge in [0, 0.05) is 18.8 Å². The molecule has 0 saturated heterocycles. The first kappa shape index (κ1) is 15.0. The third kappa shape index (κ3) is 3.37. The molecule has 1 heterocycles. The summed E-state index contributed by atoms with van der Waals surface area (Å²) in [4.78, 5) is 10.9. The van der Waals surface area contributed by atoms with Crippen molar-refractivity contribution in [2.75, 3.05) is 6.54 Å². The monoisotopic (exact) mass is 301 g/mol. The Balaban J connectivity index is 2.23. The highest BCUT2D eigenvalue weighted by Crippen LogP contribution is 2.31. The molecule has 1 N–H and O–H groups in total. The molecule has 0 radical (unpaired) electrons. The van der Waals surface area contributed by atoms with Crippen molar-refractivity contribution in [1.82, 2.24) is 14.1 Å². The molecule has 2 rings (SSSR count). The summed E-state index contributed by atoms with van der Waals surface area (Å²) >= 11 is 0. The summed E-state index contributed by atoms with van der Waals surface area (Å²) in [6, 6.07) is -0.190. The highest BCUT2D eigenvalue weighted by molar-refractivity contribution is 7.89. The van der Waals surface area contributed by atoms with E-state index in [2.05, 4.69) is 5.10 Å². The van der Waals surface area contributed by atoms with Crippen LogP contribution >= 0.6 is 0 Å². The van der Waals surface area contributed by atoms with Crippen LogP contribution in [0.2, 0.25) is 0 Å². The van der Waals surface area contributed by atoms with Crippen molar-refractivity contribution in [1.29, 1.82) is 0 Å². The quantitative estimate of drug-likeness (QED) is 0.803. The van der Waals surface area contributed by atoms with E-state index in [9.17, 15) is 13.2 Å². The molecule has 0 spiro atoms. The maximum atomic E-state index is 12.5. The van der Waals surface area contributed by atoms with Crippen LogP contribution in [0.25, 0.3) is 0 Å². The van der Waals surface area contributed by atoms with E-state index < -0.39 is 22.5 Å². The molecule has 1 aliphatic rings. The number of hydrogen-bond acceptors (Lipinski definition) is 4. The topological polar surface area (TPSA) is 92.5 Å². The molecule has 0 aliphatic heterocycles. The Morgan fingerprint density at radius 1 is 1.55 bits per heavy atom. The van der Waals surface area contributed by atoms with E-state index in [1.54, 1.807) is 4.68 Å². The maximum Gasteiger partial charge on any atom is 0.318 e. The van der Waals surface area contributed by atoms with E-state index >= 15 is 0 Å². The zero-order chi connectivity index (χ0) is 14.9. The molecule has 1 aromatic heterocycles. The van der Waals surface area contributed by atoms with Gasteiger partial charge >= 0.3 is 5.97 Å². The normalized spacial score (nSPS) is 16.0. The number of rotatable bonds is 7. The smallest absolute Gasteiger partial charge is 0.318 e. The van der Waals surface area contributed by atoms with Gasteiger partial charge in [-0.1, -0.05) is 13.8 Å². The molecule has 1 aliphatic carbocycles. The van der Waals surface area contributed by atoms with E-state index in [0.717, 1.165) is 4.31 Å². The molecule has 0 aromatic carbocycles. The third-order valence-corrected chi connectivity index (χ3v) is 4.86. The van der Waals surface area contributed by atoms with Crippen molar-refractivity contribution in [3.05, 3.63) is 12.4 Å². The van der Waals surface area contributed by atoms with Crippen LogP contribution in [0.15, 0.2) is 17.3 Å². The van der Waals surface area contributed by atoms with Gasteiger partial charge in [-0.3, -0.25) is 9.48 Å². The summed E-state index contributed by atoms with van der Waals surface area (Å²) in [5.41, 5.74) is 0. The second kappa shape index (κ2) is 5.53. The van der Waals surface area contributed by atoms with Crippen LogP contribution in [-0.2, 0) is 21.4 Å². The van der Waals surface area contributed by atoms with Gasteiger partial charge in [-0.05, 0) is 18.8 Å². The van der Waals surface area contributed by atoms with Gasteiger partial charge in [-0.2, -0.15) is 9.40 Å². The molecule has 112 valence electrons. The van der Waals surface area contributed by atoms with Crippen LogP contribution in [-0.4, -0.2) is 46.2 Å². The summed E-state index contributed by atoms with van der Waals surface area (Å²) in [5.74, 6) is -0.793. The van der Waals surface area contributed by atoms with Crippen LogP contribution in [0.3, 0.4) is 0 Å². The van der Waals surface area contributed by atoms with Crippen molar-refractivity contribution in [3.8, 4) is 0 Å². The second-order valence-corrected chi connectivity index (χ2v) is 7.36. The van der Waals surface area contributed by atoms with Gasteiger partial charge in [0.1, 0.15) is 11.4 Å². The van der Waals surface area contributed by atoms with Gasteiger partial charge < -0.3 is 5.11 Å². The molecule has 1 aromatic rings. The first-order chi connectivity index (χ1) is 9.30. The molecule has 8 heteroatoms. The molecular weight excluding hydrogens is 282 g/mol. The number of nitrogens with zero attached hydrogens (tertiary/aromatic N) is 3. The Morgan fingerprint density at radius 3 is 2.70 bits per heavy atom. The van der Waals surface area contributed by atoms with Crippen molar-refractivity contribution >= 4 is 16.0 Å². The molecule has 0 atom stereocenters. The van der Waals surface area contributed by atoms with Gasteiger partial charge in [-0.15, -0.1) is 0 Å². The van der Waals surface area contributed by atoms with Crippen LogP contribution in [0.5, 0.6) is 0 Å². The van der Waals surface area contributed by atoms with E-state index in [1.165, 1.54) is 12.4 Å². The predicted octanol–water partition coefficient (Wildman–Crippen LogP) is 0.777. The molecule has 1 saturated carbocycles. The first-order valence-electron chi connectivity index (χ1n) is 6.57. The molecule has 1 fully saturated rings. The number of sulfonamides is 1. The number of carboxylic acids is 1. The van der Waals surface area contributed by atoms with Crippen LogP contribution in [0.1, 0.15) is 26.7 Å². The van der Waals surface area contributed by atoms with Crippen molar-refractivity contribution in [3.63, 3.8) is 0 Å². The summed E-state index contributed by atoms with van der Waals surface area (Å²) in [7, 11) is -3.78. The van der Waals surface area contributed by atoms with E-state index in [-0.39, 0.29) is 10.9 Å². The number of carbonyl (C=O) groups is 1. The van der Waals surface area contributed by atoms with E-state index in [1.807, 2.05) is 13.8 Å². The molecule has 0 bridgehead atoms. The number of hydrogen-bond donors (Lipinski definition) is 1. The largest absolute Gasteiger partial charge is 0.480 e. The summed E-state index contributed by atoms with van der Waals surface area (Å²) in [5, 5.41) is 12.9. The fraction of sp³-hybridized carbons (Fsp3) is 0.667. The zero-order valence-corrected chi connectivity index (χ0v) is 12.4.